The summed E-state index contributed by atoms with van der Waals surface area (Å²) in [5.74, 6) is -0.939. The van der Waals surface area contributed by atoms with Crippen LogP contribution in [0, 0.1) is 6.92 Å². The molecule has 4 rings (SSSR count). The number of benzene rings is 4. The standard InChI is InChI=1S/C32H30N2O5/c1-3-4-18-39-32(38)26-7-5-6-25(19-26)31(37)33-27-15-8-21(2)29(20-27)34-30(36)24-11-9-22(10-12-24)23-13-16-28(35)17-14-23/h5-17,19-20,35H,3-4,18H2,1-2H3,(H,33,37)(H,34,36). The van der Waals surface area contributed by atoms with E-state index in [1.807, 2.05) is 38.1 Å². The smallest absolute Gasteiger partial charge is 0.338 e. The van der Waals surface area contributed by atoms with E-state index in [0.29, 0.717) is 34.7 Å². The third-order valence-corrected chi connectivity index (χ3v) is 6.18. The number of phenols is 1. The highest BCUT2D eigenvalue weighted by Crippen LogP contribution is 2.24. The Morgan fingerprint density at radius 2 is 1.38 bits per heavy atom. The summed E-state index contributed by atoms with van der Waals surface area (Å²) in [4.78, 5) is 38.1. The molecule has 2 amide bonds. The van der Waals surface area contributed by atoms with Crippen LogP contribution in [0.15, 0.2) is 91.0 Å². The molecule has 39 heavy (non-hydrogen) atoms. The average Bonchev–Trinajstić information content (AvgIpc) is 2.95. The van der Waals surface area contributed by atoms with E-state index in [-0.39, 0.29) is 17.6 Å². The van der Waals surface area contributed by atoms with Gasteiger partial charge in [-0.3, -0.25) is 9.59 Å². The number of unbranched alkanes of at least 4 members (excludes halogenated alkanes) is 1. The van der Waals surface area contributed by atoms with Crippen molar-refractivity contribution in [1.29, 1.82) is 0 Å². The lowest BCUT2D eigenvalue weighted by Gasteiger charge is -2.12. The molecule has 4 aromatic rings. The first kappa shape index (κ1) is 27.1. The Morgan fingerprint density at radius 3 is 2.08 bits per heavy atom. The van der Waals surface area contributed by atoms with Crippen LogP contribution >= 0.6 is 0 Å². The second-order valence-electron chi connectivity index (χ2n) is 9.13. The van der Waals surface area contributed by atoms with Gasteiger partial charge >= 0.3 is 5.97 Å². The summed E-state index contributed by atoms with van der Waals surface area (Å²) < 4.78 is 5.24. The molecule has 0 radical (unpaired) electrons. The minimum absolute atomic E-state index is 0.194. The van der Waals surface area contributed by atoms with E-state index < -0.39 is 5.97 Å². The molecule has 0 aliphatic rings. The summed E-state index contributed by atoms with van der Waals surface area (Å²) in [6.45, 7) is 4.22. The first-order valence-electron chi connectivity index (χ1n) is 12.7. The second-order valence-corrected chi connectivity index (χ2v) is 9.13. The number of carbonyl (C=O) groups excluding carboxylic acids is 3. The fraction of sp³-hybridized carbons (Fsp3) is 0.156. The number of phenolic OH excluding ortho intramolecular Hbond substituents is 1. The third kappa shape index (κ3) is 7.11. The Balaban J connectivity index is 1.42. The zero-order valence-electron chi connectivity index (χ0n) is 21.9. The monoisotopic (exact) mass is 522 g/mol. The van der Waals surface area contributed by atoms with Gasteiger partial charge in [-0.1, -0.05) is 49.7 Å². The SMILES string of the molecule is CCCCOC(=O)c1cccc(C(=O)Nc2ccc(C)c(NC(=O)c3ccc(-c4ccc(O)cc4)cc3)c2)c1. The fourth-order valence-electron chi connectivity index (χ4n) is 3.88. The molecule has 7 heteroatoms. The maximum absolute atomic E-state index is 12.9. The number of rotatable bonds is 9. The van der Waals surface area contributed by atoms with Gasteiger partial charge in [-0.15, -0.1) is 0 Å². The molecule has 0 saturated heterocycles. The van der Waals surface area contributed by atoms with Crippen LogP contribution in [0.5, 0.6) is 5.75 Å². The molecule has 0 saturated carbocycles. The minimum atomic E-state index is -0.463. The molecule has 0 aliphatic heterocycles. The van der Waals surface area contributed by atoms with Crippen molar-refractivity contribution in [2.75, 3.05) is 17.2 Å². The average molecular weight is 523 g/mol. The van der Waals surface area contributed by atoms with Gasteiger partial charge in [0.25, 0.3) is 11.8 Å². The molecule has 0 aromatic heterocycles. The van der Waals surface area contributed by atoms with Crippen molar-refractivity contribution in [3.63, 3.8) is 0 Å². The van der Waals surface area contributed by atoms with Crippen molar-refractivity contribution in [1.82, 2.24) is 0 Å². The van der Waals surface area contributed by atoms with Crippen LogP contribution in [0.4, 0.5) is 11.4 Å². The van der Waals surface area contributed by atoms with Crippen LogP contribution in [0.3, 0.4) is 0 Å². The highest BCUT2D eigenvalue weighted by Gasteiger charge is 2.14. The van der Waals surface area contributed by atoms with Crippen LogP contribution in [-0.2, 0) is 4.74 Å². The van der Waals surface area contributed by atoms with E-state index in [9.17, 15) is 19.5 Å². The molecule has 0 atom stereocenters. The Bertz CT molecular complexity index is 1480. The highest BCUT2D eigenvalue weighted by atomic mass is 16.5. The van der Waals surface area contributed by atoms with Gasteiger partial charge in [-0.25, -0.2) is 4.79 Å². The third-order valence-electron chi connectivity index (χ3n) is 6.18. The number of amides is 2. The van der Waals surface area contributed by atoms with Gasteiger partial charge in [0, 0.05) is 22.5 Å². The Hall–Kier alpha value is -4.91. The van der Waals surface area contributed by atoms with E-state index in [1.54, 1.807) is 60.7 Å². The first-order chi connectivity index (χ1) is 18.8. The molecule has 0 fully saturated rings. The Kier molecular flexibility index (Phi) is 8.74. The predicted molar refractivity (Wildman–Crippen MR) is 152 cm³/mol. The summed E-state index contributed by atoms with van der Waals surface area (Å²) >= 11 is 0. The number of ether oxygens (including phenoxy) is 1. The molecule has 0 spiro atoms. The van der Waals surface area contributed by atoms with Gasteiger partial charge < -0.3 is 20.5 Å². The van der Waals surface area contributed by atoms with E-state index in [1.165, 1.54) is 6.07 Å². The molecule has 0 bridgehead atoms. The number of carbonyl (C=O) groups is 3. The lowest BCUT2D eigenvalue weighted by atomic mass is 10.0. The number of anilines is 2. The van der Waals surface area contributed by atoms with E-state index >= 15 is 0 Å². The fourth-order valence-corrected chi connectivity index (χ4v) is 3.88. The van der Waals surface area contributed by atoms with Crippen molar-refractivity contribution < 1.29 is 24.2 Å². The van der Waals surface area contributed by atoms with E-state index in [2.05, 4.69) is 10.6 Å². The van der Waals surface area contributed by atoms with Crippen molar-refractivity contribution >= 4 is 29.2 Å². The molecule has 0 aliphatic carbocycles. The summed E-state index contributed by atoms with van der Waals surface area (Å²) in [6.07, 6.45) is 1.70. The van der Waals surface area contributed by atoms with Crippen LogP contribution in [0.1, 0.15) is 56.4 Å². The second kappa shape index (κ2) is 12.6. The number of esters is 1. The zero-order valence-corrected chi connectivity index (χ0v) is 21.9. The molecule has 0 heterocycles. The van der Waals surface area contributed by atoms with Crippen molar-refractivity contribution in [3.05, 3.63) is 113 Å². The van der Waals surface area contributed by atoms with Crippen LogP contribution in [-0.4, -0.2) is 29.5 Å². The first-order valence-corrected chi connectivity index (χ1v) is 12.7. The number of aryl methyl sites for hydroxylation is 1. The molecule has 7 nitrogen and oxygen atoms in total. The lowest BCUT2D eigenvalue weighted by Crippen LogP contribution is -2.15. The topological polar surface area (TPSA) is 105 Å². The normalized spacial score (nSPS) is 10.5. The zero-order chi connectivity index (χ0) is 27.8. The van der Waals surface area contributed by atoms with Crippen LogP contribution in [0.25, 0.3) is 11.1 Å². The highest BCUT2D eigenvalue weighted by molar-refractivity contribution is 6.07. The maximum Gasteiger partial charge on any atom is 0.338 e. The molecule has 0 unspecified atom stereocenters. The number of hydrogen-bond acceptors (Lipinski definition) is 5. The van der Waals surface area contributed by atoms with Crippen molar-refractivity contribution in [2.24, 2.45) is 0 Å². The van der Waals surface area contributed by atoms with Crippen molar-refractivity contribution in [2.45, 2.75) is 26.7 Å². The summed E-state index contributed by atoms with van der Waals surface area (Å²) in [6, 6.07) is 25.6. The van der Waals surface area contributed by atoms with Gasteiger partial charge in [-0.2, -0.15) is 0 Å². The van der Waals surface area contributed by atoms with Gasteiger partial charge in [0.05, 0.1) is 12.2 Å². The number of hydrogen-bond donors (Lipinski definition) is 3. The van der Waals surface area contributed by atoms with Crippen molar-refractivity contribution in [3.8, 4) is 16.9 Å². The Morgan fingerprint density at radius 1 is 0.744 bits per heavy atom. The summed E-state index contributed by atoms with van der Waals surface area (Å²) in [5.41, 5.74) is 4.86. The van der Waals surface area contributed by atoms with Crippen LogP contribution < -0.4 is 10.6 Å². The minimum Gasteiger partial charge on any atom is -0.508 e. The molecule has 3 N–H and O–H groups in total. The predicted octanol–water partition coefficient (Wildman–Crippen LogP) is 6.83. The van der Waals surface area contributed by atoms with Gasteiger partial charge in [0.15, 0.2) is 0 Å². The largest absolute Gasteiger partial charge is 0.508 e. The molecular formula is C32H30N2O5. The van der Waals surface area contributed by atoms with Crippen LogP contribution in [0.2, 0.25) is 0 Å². The van der Waals surface area contributed by atoms with Gasteiger partial charge in [0.1, 0.15) is 5.75 Å². The van der Waals surface area contributed by atoms with Gasteiger partial charge in [0.2, 0.25) is 0 Å². The lowest BCUT2D eigenvalue weighted by molar-refractivity contribution is 0.0499. The summed E-state index contributed by atoms with van der Waals surface area (Å²) in [7, 11) is 0. The number of aromatic hydroxyl groups is 1. The maximum atomic E-state index is 12.9. The molecule has 198 valence electrons. The quantitative estimate of drug-likeness (QED) is 0.165. The molecule has 4 aromatic carbocycles. The molecular weight excluding hydrogens is 492 g/mol. The number of nitrogens with one attached hydrogen (secondary N) is 2. The summed E-state index contributed by atoms with van der Waals surface area (Å²) in [5, 5.41) is 15.2. The van der Waals surface area contributed by atoms with E-state index in [0.717, 1.165) is 29.5 Å². The Labute approximate surface area is 227 Å². The van der Waals surface area contributed by atoms with E-state index in [4.69, 9.17) is 4.74 Å². The van der Waals surface area contributed by atoms with Gasteiger partial charge in [-0.05, 0) is 84.6 Å².